The van der Waals surface area contributed by atoms with Gasteiger partial charge in [0.1, 0.15) is 4.32 Å². The van der Waals surface area contributed by atoms with Crippen LogP contribution in [0.1, 0.15) is 0 Å². The minimum Gasteiger partial charge on any atom is -0.363 e. The molecule has 0 aliphatic rings. The van der Waals surface area contributed by atoms with Crippen LogP contribution in [0.4, 0.5) is 22.0 Å². The van der Waals surface area contributed by atoms with Crippen LogP contribution in [0.25, 0.3) is 0 Å². The van der Waals surface area contributed by atoms with E-state index in [0.29, 0.717) is 0 Å². The minimum atomic E-state index is -5.57. The molecule has 0 aromatic heterocycles. The quantitative estimate of drug-likeness (QED) is 0.511. The fraction of sp³-hybridized carbons (Fsp3) is 0.800. The second kappa shape index (κ2) is 3.95. The summed E-state index contributed by atoms with van der Waals surface area (Å²) in [6.45, 7) is 0. The van der Waals surface area contributed by atoms with Crippen LogP contribution in [-0.2, 0) is 0 Å². The van der Waals surface area contributed by atoms with Gasteiger partial charge in [0.05, 0.1) is 0 Å². The topological polar surface area (TPSA) is 3.24 Å². The molecule has 0 aliphatic heterocycles. The highest BCUT2D eigenvalue weighted by Crippen LogP contribution is 2.44. The zero-order valence-corrected chi connectivity index (χ0v) is 8.29. The standard InChI is InChI=1S/C5H6F5NS2/c1-11(2)3(12)13-5(9,10)4(6,7)8/h1-2H3. The van der Waals surface area contributed by atoms with Crippen molar-refractivity contribution in [1.82, 2.24) is 4.90 Å². The second-order valence-electron chi connectivity index (χ2n) is 2.28. The number of thioether (sulfide) groups is 1. The van der Waals surface area contributed by atoms with E-state index >= 15 is 0 Å². The zero-order valence-electron chi connectivity index (χ0n) is 6.65. The fourth-order valence-corrected chi connectivity index (χ4v) is 1.09. The van der Waals surface area contributed by atoms with Crippen LogP contribution < -0.4 is 0 Å². The molecule has 0 saturated carbocycles. The molecule has 1 nitrogen and oxygen atoms in total. The lowest BCUT2D eigenvalue weighted by Gasteiger charge is -2.21. The normalized spacial score (nSPS) is 12.8. The van der Waals surface area contributed by atoms with Crippen LogP contribution >= 0.6 is 24.0 Å². The van der Waals surface area contributed by atoms with Gasteiger partial charge in [-0.2, -0.15) is 22.0 Å². The summed E-state index contributed by atoms with van der Waals surface area (Å²) in [6, 6.07) is 0. The Labute approximate surface area is 81.3 Å². The Kier molecular flexibility index (Phi) is 3.92. The summed E-state index contributed by atoms with van der Waals surface area (Å²) < 4.78 is 58.8. The molecule has 0 atom stereocenters. The van der Waals surface area contributed by atoms with Crippen molar-refractivity contribution in [1.29, 1.82) is 0 Å². The van der Waals surface area contributed by atoms with Crippen molar-refractivity contribution in [2.45, 2.75) is 11.4 Å². The first kappa shape index (κ1) is 12.9. The van der Waals surface area contributed by atoms with E-state index < -0.39 is 27.5 Å². The minimum absolute atomic E-state index is 0.512. The molecule has 0 fully saturated rings. The van der Waals surface area contributed by atoms with E-state index in [1.165, 1.54) is 14.1 Å². The van der Waals surface area contributed by atoms with Crippen molar-refractivity contribution >= 4 is 28.3 Å². The third-order valence-electron chi connectivity index (χ3n) is 0.911. The molecule has 0 rings (SSSR count). The molecule has 8 heteroatoms. The van der Waals surface area contributed by atoms with Gasteiger partial charge in [0.25, 0.3) is 0 Å². The third-order valence-corrected chi connectivity index (χ3v) is 2.55. The molecule has 0 amide bonds. The molecule has 0 N–H and O–H groups in total. The Bertz CT molecular complexity index is 200. The summed E-state index contributed by atoms with van der Waals surface area (Å²) in [4.78, 5) is 1.01. The van der Waals surface area contributed by atoms with Gasteiger partial charge in [0.15, 0.2) is 0 Å². The molecule has 0 bridgehead atoms. The summed E-state index contributed by atoms with van der Waals surface area (Å²) in [5.41, 5.74) is 0. The molecule has 0 spiro atoms. The van der Waals surface area contributed by atoms with Gasteiger partial charge in [0, 0.05) is 14.1 Å². The van der Waals surface area contributed by atoms with Gasteiger partial charge in [-0.25, -0.2) is 0 Å². The number of thiocarbonyl (C=S) groups is 1. The highest BCUT2D eigenvalue weighted by atomic mass is 32.2. The first-order valence-corrected chi connectivity index (χ1v) is 4.15. The smallest absolute Gasteiger partial charge is 0.363 e. The average Bonchev–Trinajstić information content (AvgIpc) is 1.83. The van der Waals surface area contributed by atoms with Crippen LogP contribution in [0.15, 0.2) is 0 Å². The van der Waals surface area contributed by atoms with E-state index in [1.807, 2.05) is 0 Å². The third kappa shape index (κ3) is 3.63. The van der Waals surface area contributed by atoms with Gasteiger partial charge < -0.3 is 4.90 Å². The SMILES string of the molecule is CN(C)C(=S)SC(F)(F)C(F)(F)F. The molecule has 0 radical (unpaired) electrons. The Balaban J connectivity index is 4.44. The molecular weight excluding hydrogens is 233 g/mol. The molecule has 0 saturated heterocycles. The summed E-state index contributed by atoms with van der Waals surface area (Å²) in [5, 5.41) is -4.83. The van der Waals surface area contributed by atoms with Crippen molar-refractivity contribution in [3.63, 3.8) is 0 Å². The van der Waals surface area contributed by atoms with Crippen molar-refractivity contribution in [3.8, 4) is 0 Å². The average molecular weight is 239 g/mol. The zero-order chi connectivity index (χ0) is 10.9. The van der Waals surface area contributed by atoms with Crippen LogP contribution in [0.2, 0.25) is 0 Å². The van der Waals surface area contributed by atoms with E-state index in [2.05, 4.69) is 12.2 Å². The number of nitrogens with zero attached hydrogens (tertiary/aromatic N) is 1. The number of rotatable bonds is 1. The lowest BCUT2D eigenvalue weighted by atomic mass is 10.7. The van der Waals surface area contributed by atoms with E-state index in [-0.39, 0.29) is 0 Å². The van der Waals surface area contributed by atoms with Crippen LogP contribution in [0, 0.1) is 0 Å². The van der Waals surface area contributed by atoms with E-state index in [0.717, 1.165) is 4.90 Å². The van der Waals surface area contributed by atoms with Crippen molar-refractivity contribution in [2.75, 3.05) is 14.1 Å². The molecule has 78 valence electrons. The highest BCUT2D eigenvalue weighted by Gasteiger charge is 2.59. The van der Waals surface area contributed by atoms with Gasteiger partial charge in [-0.1, -0.05) is 12.2 Å². The lowest BCUT2D eigenvalue weighted by Crippen LogP contribution is -2.35. The number of alkyl halides is 5. The predicted octanol–water partition coefficient (Wildman–Crippen LogP) is 2.72. The first-order chi connectivity index (χ1) is 5.58. The van der Waals surface area contributed by atoms with Crippen LogP contribution in [0.5, 0.6) is 0 Å². The Hall–Kier alpha value is -0.110. The van der Waals surface area contributed by atoms with Gasteiger partial charge in [-0.05, 0) is 11.8 Å². The maximum absolute atomic E-state index is 12.3. The Morgan fingerprint density at radius 3 is 1.77 bits per heavy atom. The van der Waals surface area contributed by atoms with E-state index in [9.17, 15) is 22.0 Å². The van der Waals surface area contributed by atoms with Gasteiger partial charge in [-0.3, -0.25) is 0 Å². The molecule has 0 aromatic rings. The summed E-state index contributed by atoms with van der Waals surface area (Å²) in [5.74, 6) is 0. The second-order valence-corrected chi connectivity index (χ2v) is 4.03. The molecule has 13 heavy (non-hydrogen) atoms. The monoisotopic (exact) mass is 239 g/mol. The molecule has 0 aliphatic carbocycles. The Morgan fingerprint density at radius 1 is 1.15 bits per heavy atom. The van der Waals surface area contributed by atoms with Crippen molar-refractivity contribution < 1.29 is 22.0 Å². The van der Waals surface area contributed by atoms with Gasteiger partial charge >= 0.3 is 11.4 Å². The van der Waals surface area contributed by atoms with E-state index in [4.69, 9.17) is 0 Å². The van der Waals surface area contributed by atoms with Crippen molar-refractivity contribution in [3.05, 3.63) is 0 Å². The van der Waals surface area contributed by atoms with Crippen molar-refractivity contribution in [2.24, 2.45) is 0 Å². The summed E-state index contributed by atoms with van der Waals surface area (Å²) in [7, 11) is 2.59. The predicted molar refractivity (Wildman–Crippen MR) is 44.9 cm³/mol. The number of hydrogen-bond donors (Lipinski definition) is 0. The van der Waals surface area contributed by atoms with Crippen LogP contribution in [0.3, 0.4) is 0 Å². The van der Waals surface area contributed by atoms with Crippen LogP contribution in [-0.4, -0.2) is 34.7 Å². The largest absolute Gasteiger partial charge is 0.464 e. The summed E-state index contributed by atoms with van der Waals surface area (Å²) in [6.07, 6.45) is -5.57. The molecule has 0 aromatic carbocycles. The Morgan fingerprint density at radius 2 is 1.54 bits per heavy atom. The highest BCUT2D eigenvalue weighted by molar-refractivity contribution is 8.23. The molecular formula is C5H6F5NS2. The maximum Gasteiger partial charge on any atom is 0.464 e. The van der Waals surface area contributed by atoms with Gasteiger partial charge in [0.2, 0.25) is 0 Å². The number of hydrogen-bond acceptors (Lipinski definition) is 2. The maximum atomic E-state index is 12.3. The molecule has 0 unspecified atom stereocenters. The fourth-order valence-electron chi connectivity index (χ4n) is 0.259. The molecule has 0 heterocycles. The number of halogens is 5. The van der Waals surface area contributed by atoms with Gasteiger partial charge in [-0.15, -0.1) is 0 Å². The first-order valence-electron chi connectivity index (χ1n) is 2.93. The van der Waals surface area contributed by atoms with E-state index in [1.54, 1.807) is 0 Å². The summed E-state index contributed by atoms with van der Waals surface area (Å²) >= 11 is 3.62. The lowest BCUT2D eigenvalue weighted by molar-refractivity contribution is -0.237.